The van der Waals surface area contributed by atoms with Crippen LogP contribution in [0.3, 0.4) is 0 Å². The molecule has 1 aromatic rings. The van der Waals surface area contributed by atoms with Gasteiger partial charge >= 0.3 is 0 Å². The lowest BCUT2D eigenvalue weighted by atomic mass is 10.2. The number of nitrogens with one attached hydrogen (secondary N) is 1. The van der Waals surface area contributed by atoms with Gasteiger partial charge in [0.1, 0.15) is 5.76 Å². The topological polar surface area (TPSA) is 45.5 Å². The molecule has 2 heterocycles. The Morgan fingerprint density at radius 3 is 3.00 bits per heavy atom. The number of carbonyl (C=O) groups excluding carboxylic acids is 1. The van der Waals surface area contributed by atoms with Crippen molar-refractivity contribution in [3.8, 4) is 0 Å². The Bertz CT molecular complexity index is 353. The zero-order valence-electron chi connectivity index (χ0n) is 9.12. The molecule has 82 valence electrons. The van der Waals surface area contributed by atoms with E-state index in [9.17, 15) is 4.79 Å². The summed E-state index contributed by atoms with van der Waals surface area (Å²) in [5.41, 5.74) is 0.671. The van der Waals surface area contributed by atoms with Crippen LogP contribution in [-0.4, -0.2) is 37.0 Å². The molecule has 1 unspecified atom stereocenters. The van der Waals surface area contributed by atoms with Crippen LogP contribution < -0.4 is 5.32 Å². The standard InChI is InChI=1S/C11H16N2O2/c1-8-10(4-6-15-8)11(14)13(2)9-3-5-12-7-9/h4,6,9,12H,3,5,7H2,1-2H3. The Labute approximate surface area is 89.2 Å². The zero-order valence-corrected chi connectivity index (χ0v) is 9.12. The van der Waals surface area contributed by atoms with E-state index in [0.717, 1.165) is 19.5 Å². The van der Waals surface area contributed by atoms with Crippen LogP contribution in [0.2, 0.25) is 0 Å². The Morgan fingerprint density at radius 2 is 2.47 bits per heavy atom. The van der Waals surface area contributed by atoms with Gasteiger partial charge in [-0.1, -0.05) is 0 Å². The van der Waals surface area contributed by atoms with E-state index in [2.05, 4.69) is 5.32 Å². The number of hydrogen-bond acceptors (Lipinski definition) is 3. The normalized spacial score (nSPS) is 20.5. The Kier molecular flexibility index (Phi) is 2.77. The van der Waals surface area contributed by atoms with Gasteiger partial charge in [0, 0.05) is 19.6 Å². The lowest BCUT2D eigenvalue weighted by Crippen LogP contribution is -2.38. The van der Waals surface area contributed by atoms with Crippen molar-refractivity contribution in [3.63, 3.8) is 0 Å². The summed E-state index contributed by atoms with van der Waals surface area (Å²) in [6, 6.07) is 2.04. The number of hydrogen-bond donors (Lipinski definition) is 1. The minimum Gasteiger partial charge on any atom is -0.469 e. The molecule has 0 spiro atoms. The second kappa shape index (κ2) is 4.06. The Balaban J connectivity index is 2.10. The number of likely N-dealkylation sites (N-methyl/N-ethyl adjacent to an activating group) is 1. The van der Waals surface area contributed by atoms with Crippen LogP contribution in [0.25, 0.3) is 0 Å². The molecule has 0 radical (unpaired) electrons. The highest BCUT2D eigenvalue weighted by atomic mass is 16.3. The van der Waals surface area contributed by atoms with Gasteiger partial charge in [-0.2, -0.15) is 0 Å². The minimum atomic E-state index is 0.0509. The van der Waals surface area contributed by atoms with Gasteiger partial charge in [0.2, 0.25) is 0 Å². The van der Waals surface area contributed by atoms with E-state index < -0.39 is 0 Å². The highest BCUT2D eigenvalue weighted by Crippen LogP contribution is 2.15. The number of furan rings is 1. The summed E-state index contributed by atoms with van der Waals surface area (Å²) >= 11 is 0. The molecule has 0 aliphatic carbocycles. The minimum absolute atomic E-state index is 0.0509. The predicted molar refractivity (Wildman–Crippen MR) is 56.8 cm³/mol. The number of rotatable bonds is 2. The van der Waals surface area contributed by atoms with Crippen molar-refractivity contribution in [2.24, 2.45) is 0 Å². The first-order valence-electron chi connectivity index (χ1n) is 5.22. The van der Waals surface area contributed by atoms with Crippen LogP contribution in [-0.2, 0) is 0 Å². The molecule has 1 fully saturated rings. The highest BCUT2D eigenvalue weighted by molar-refractivity contribution is 5.95. The summed E-state index contributed by atoms with van der Waals surface area (Å²) in [6.45, 7) is 3.69. The summed E-state index contributed by atoms with van der Waals surface area (Å²) in [4.78, 5) is 13.9. The second-order valence-corrected chi connectivity index (χ2v) is 3.95. The van der Waals surface area contributed by atoms with E-state index >= 15 is 0 Å². The summed E-state index contributed by atoms with van der Waals surface area (Å²) in [5.74, 6) is 0.743. The monoisotopic (exact) mass is 208 g/mol. The largest absolute Gasteiger partial charge is 0.469 e. The molecule has 4 nitrogen and oxygen atoms in total. The van der Waals surface area contributed by atoms with Gasteiger partial charge < -0.3 is 14.6 Å². The molecule has 1 N–H and O–H groups in total. The second-order valence-electron chi connectivity index (χ2n) is 3.95. The van der Waals surface area contributed by atoms with Crippen molar-refractivity contribution in [2.75, 3.05) is 20.1 Å². The number of aryl methyl sites for hydroxylation is 1. The zero-order chi connectivity index (χ0) is 10.8. The van der Waals surface area contributed by atoms with Crippen LogP contribution in [0.15, 0.2) is 16.7 Å². The first-order valence-corrected chi connectivity index (χ1v) is 5.22. The number of carbonyl (C=O) groups is 1. The lowest BCUT2D eigenvalue weighted by molar-refractivity contribution is 0.0742. The number of amides is 1. The summed E-state index contributed by atoms with van der Waals surface area (Å²) in [6.07, 6.45) is 2.59. The van der Waals surface area contributed by atoms with Gasteiger partial charge in [-0.3, -0.25) is 4.79 Å². The van der Waals surface area contributed by atoms with E-state index in [1.54, 1.807) is 17.2 Å². The van der Waals surface area contributed by atoms with Crippen molar-refractivity contribution in [1.29, 1.82) is 0 Å². The average molecular weight is 208 g/mol. The first kappa shape index (κ1) is 10.2. The third-order valence-corrected chi connectivity index (χ3v) is 2.99. The van der Waals surface area contributed by atoms with Crippen LogP contribution in [0.4, 0.5) is 0 Å². The molecule has 0 aromatic carbocycles. The molecule has 15 heavy (non-hydrogen) atoms. The molecule has 1 amide bonds. The predicted octanol–water partition coefficient (Wildman–Crippen LogP) is 1.02. The van der Waals surface area contributed by atoms with Crippen molar-refractivity contribution in [3.05, 3.63) is 23.7 Å². The molecule has 0 bridgehead atoms. The molecule has 1 saturated heterocycles. The van der Waals surface area contributed by atoms with Crippen molar-refractivity contribution >= 4 is 5.91 Å². The maximum Gasteiger partial charge on any atom is 0.257 e. The number of nitrogens with zero attached hydrogens (tertiary/aromatic N) is 1. The third-order valence-electron chi connectivity index (χ3n) is 2.99. The van der Waals surface area contributed by atoms with Gasteiger partial charge in [-0.15, -0.1) is 0 Å². The summed E-state index contributed by atoms with van der Waals surface area (Å²) < 4.78 is 5.14. The fourth-order valence-corrected chi connectivity index (χ4v) is 1.93. The van der Waals surface area contributed by atoms with Crippen molar-refractivity contribution in [2.45, 2.75) is 19.4 Å². The molecule has 0 saturated carbocycles. The molecule has 4 heteroatoms. The molecule has 1 aromatic heterocycles. The molecular formula is C11H16N2O2. The molecule has 2 rings (SSSR count). The quantitative estimate of drug-likeness (QED) is 0.789. The third kappa shape index (κ3) is 1.90. The van der Waals surface area contributed by atoms with Crippen LogP contribution in [0.1, 0.15) is 22.5 Å². The average Bonchev–Trinajstić information content (AvgIpc) is 2.85. The van der Waals surface area contributed by atoms with E-state index in [1.807, 2.05) is 14.0 Å². The molecular weight excluding hydrogens is 192 g/mol. The highest BCUT2D eigenvalue weighted by Gasteiger charge is 2.25. The maximum atomic E-state index is 12.1. The van der Waals surface area contributed by atoms with Gasteiger partial charge in [0.05, 0.1) is 11.8 Å². The van der Waals surface area contributed by atoms with Gasteiger partial charge in [0.25, 0.3) is 5.91 Å². The fourth-order valence-electron chi connectivity index (χ4n) is 1.93. The van der Waals surface area contributed by atoms with Crippen molar-refractivity contribution < 1.29 is 9.21 Å². The van der Waals surface area contributed by atoms with E-state index in [-0.39, 0.29) is 5.91 Å². The van der Waals surface area contributed by atoms with Crippen LogP contribution in [0.5, 0.6) is 0 Å². The van der Waals surface area contributed by atoms with Crippen molar-refractivity contribution in [1.82, 2.24) is 10.2 Å². The van der Waals surface area contributed by atoms with Gasteiger partial charge in [-0.05, 0) is 26.0 Å². The van der Waals surface area contributed by atoms with Crippen LogP contribution >= 0.6 is 0 Å². The van der Waals surface area contributed by atoms with Crippen LogP contribution in [0, 0.1) is 6.92 Å². The smallest absolute Gasteiger partial charge is 0.257 e. The maximum absolute atomic E-state index is 12.1. The fraction of sp³-hybridized carbons (Fsp3) is 0.545. The summed E-state index contributed by atoms with van der Waals surface area (Å²) in [5, 5.41) is 3.25. The summed E-state index contributed by atoms with van der Waals surface area (Å²) in [7, 11) is 1.85. The Morgan fingerprint density at radius 1 is 1.67 bits per heavy atom. The van der Waals surface area contributed by atoms with E-state index in [0.29, 0.717) is 17.4 Å². The van der Waals surface area contributed by atoms with Gasteiger partial charge in [0.15, 0.2) is 0 Å². The molecule has 1 aliphatic heterocycles. The van der Waals surface area contributed by atoms with Gasteiger partial charge in [-0.25, -0.2) is 0 Å². The SMILES string of the molecule is Cc1occc1C(=O)N(C)C1CCNC1. The first-order chi connectivity index (χ1) is 7.20. The van der Waals surface area contributed by atoms with E-state index in [4.69, 9.17) is 4.42 Å². The van der Waals surface area contributed by atoms with E-state index in [1.165, 1.54) is 0 Å². The Hall–Kier alpha value is -1.29. The lowest BCUT2D eigenvalue weighted by Gasteiger charge is -2.23. The molecule has 1 atom stereocenters. The molecule has 1 aliphatic rings.